The molecule has 0 saturated carbocycles. The van der Waals surface area contributed by atoms with Crippen molar-refractivity contribution in [2.24, 2.45) is 5.92 Å². The Hall–Kier alpha value is -1.34. The van der Waals surface area contributed by atoms with Crippen molar-refractivity contribution in [1.29, 1.82) is 0 Å². The van der Waals surface area contributed by atoms with E-state index in [9.17, 15) is 13.5 Å². The molecule has 1 unspecified atom stereocenters. The lowest BCUT2D eigenvalue weighted by molar-refractivity contribution is 0.478. The van der Waals surface area contributed by atoms with Gasteiger partial charge in [-0.3, -0.25) is 0 Å². The molecular formula is C12H16N2O3S2. The summed E-state index contributed by atoms with van der Waals surface area (Å²) in [6, 6.07) is 6.78. The molecule has 0 bridgehead atoms. The van der Waals surface area contributed by atoms with E-state index < -0.39 is 9.84 Å². The third-order valence-electron chi connectivity index (χ3n) is 3.03. The molecule has 1 aromatic carbocycles. The van der Waals surface area contributed by atoms with Crippen molar-refractivity contribution in [3.63, 3.8) is 0 Å². The highest BCUT2D eigenvalue weighted by atomic mass is 32.2. The number of aromatic hydroxyl groups is 1. The van der Waals surface area contributed by atoms with Crippen LogP contribution in [0.1, 0.15) is 6.42 Å². The van der Waals surface area contributed by atoms with Gasteiger partial charge >= 0.3 is 0 Å². The second-order valence-corrected chi connectivity index (χ2v) is 7.26. The zero-order valence-electron chi connectivity index (χ0n) is 10.3. The fourth-order valence-electron chi connectivity index (χ4n) is 2.02. The van der Waals surface area contributed by atoms with E-state index in [1.807, 2.05) is 0 Å². The molecular weight excluding hydrogens is 284 g/mol. The van der Waals surface area contributed by atoms with Crippen LogP contribution in [0, 0.1) is 5.92 Å². The quantitative estimate of drug-likeness (QED) is 0.573. The van der Waals surface area contributed by atoms with E-state index in [1.165, 1.54) is 0 Å². The van der Waals surface area contributed by atoms with Gasteiger partial charge in [0.2, 0.25) is 0 Å². The van der Waals surface area contributed by atoms with Crippen LogP contribution in [0.15, 0.2) is 24.3 Å². The van der Waals surface area contributed by atoms with Crippen LogP contribution in [0.25, 0.3) is 0 Å². The van der Waals surface area contributed by atoms with Gasteiger partial charge < -0.3 is 15.7 Å². The van der Waals surface area contributed by atoms with E-state index in [0.29, 0.717) is 23.8 Å². The minimum Gasteiger partial charge on any atom is -0.506 e. The Kier molecular flexibility index (Phi) is 4.26. The fraction of sp³-hybridized carbons (Fsp3) is 0.417. The number of anilines is 1. The van der Waals surface area contributed by atoms with Crippen LogP contribution in [-0.2, 0) is 9.84 Å². The summed E-state index contributed by atoms with van der Waals surface area (Å²) < 4.78 is 22.6. The minimum atomic E-state index is -2.85. The molecule has 1 fully saturated rings. The number of phenolic OH excluding ortho intramolecular Hbond substituents is 1. The van der Waals surface area contributed by atoms with Crippen molar-refractivity contribution >= 4 is 32.9 Å². The lowest BCUT2D eigenvalue weighted by Gasteiger charge is -2.14. The second kappa shape index (κ2) is 5.75. The van der Waals surface area contributed by atoms with Crippen LogP contribution in [0.3, 0.4) is 0 Å². The average molecular weight is 300 g/mol. The highest BCUT2D eigenvalue weighted by molar-refractivity contribution is 7.91. The fourth-order valence-corrected chi connectivity index (χ4v) is 4.07. The van der Waals surface area contributed by atoms with E-state index in [1.54, 1.807) is 24.3 Å². The summed E-state index contributed by atoms with van der Waals surface area (Å²) in [6.45, 7) is 0.526. The molecule has 1 aromatic rings. The van der Waals surface area contributed by atoms with Crippen LogP contribution < -0.4 is 10.6 Å². The summed E-state index contributed by atoms with van der Waals surface area (Å²) in [7, 11) is -2.85. The largest absolute Gasteiger partial charge is 0.506 e. The van der Waals surface area contributed by atoms with Gasteiger partial charge in [-0.2, -0.15) is 0 Å². The van der Waals surface area contributed by atoms with Gasteiger partial charge in [0.25, 0.3) is 0 Å². The summed E-state index contributed by atoms with van der Waals surface area (Å²) in [5.41, 5.74) is 0.527. The molecule has 3 N–H and O–H groups in total. The number of nitrogens with one attached hydrogen (secondary N) is 2. The molecule has 1 aliphatic rings. The molecule has 0 radical (unpaired) electrons. The SMILES string of the molecule is O=S1(=O)CCC(CNC(=S)Nc2ccccc2O)C1. The second-order valence-electron chi connectivity index (χ2n) is 4.62. The number of phenols is 1. The summed E-state index contributed by atoms with van der Waals surface area (Å²) in [5, 5.41) is 15.8. The van der Waals surface area contributed by atoms with Crippen LogP contribution in [0.5, 0.6) is 5.75 Å². The molecule has 2 rings (SSSR count). The van der Waals surface area contributed by atoms with Crippen LogP contribution in [0.2, 0.25) is 0 Å². The smallest absolute Gasteiger partial charge is 0.170 e. The topological polar surface area (TPSA) is 78.4 Å². The highest BCUT2D eigenvalue weighted by Gasteiger charge is 2.27. The maximum absolute atomic E-state index is 11.3. The normalized spacial score (nSPS) is 20.9. The Labute approximate surface area is 117 Å². The Morgan fingerprint density at radius 1 is 1.42 bits per heavy atom. The van der Waals surface area contributed by atoms with Crippen molar-refractivity contribution in [1.82, 2.24) is 5.32 Å². The molecule has 0 aliphatic carbocycles. The number of thiocarbonyl (C=S) groups is 1. The average Bonchev–Trinajstić information content (AvgIpc) is 2.69. The minimum absolute atomic E-state index is 0.106. The van der Waals surface area contributed by atoms with Gasteiger partial charge in [0.15, 0.2) is 14.9 Å². The molecule has 1 saturated heterocycles. The maximum atomic E-state index is 11.3. The standard InChI is InChI=1S/C12H16N2O3S2/c15-11-4-2-1-3-10(11)14-12(18)13-7-9-5-6-19(16,17)8-9/h1-4,9,15H,5-8H2,(H2,13,14,18). The molecule has 0 amide bonds. The van der Waals surface area contributed by atoms with Crippen LogP contribution >= 0.6 is 12.2 Å². The highest BCUT2D eigenvalue weighted by Crippen LogP contribution is 2.21. The number of para-hydroxylation sites is 2. The molecule has 7 heteroatoms. The first kappa shape index (κ1) is 14.1. The van der Waals surface area contributed by atoms with Gasteiger partial charge in [-0.25, -0.2) is 8.42 Å². The van der Waals surface area contributed by atoms with Crippen molar-refractivity contribution in [2.45, 2.75) is 6.42 Å². The Morgan fingerprint density at radius 3 is 2.79 bits per heavy atom. The number of hydrogen-bond donors (Lipinski definition) is 3. The molecule has 1 atom stereocenters. The first-order chi connectivity index (χ1) is 8.96. The lowest BCUT2D eigenvalue weighted by Crippen LogP contribution is -2.33. The number of sulfone groups is 1. The van der Waals surface area contributed by atoms with Crippen LogP contribution in [-0.4, -0.2) is 36.7 Å². The summed E-state index contributed by atoms with van der Waals surface area (Å²) in [4.78, 5) is 0. The van der Waals surface area contributed by atoms with E-state index in [-0.39, 0.29) is 23.2 Å². The Balaban J connectivity index is 1.81. The monoisotopic (exact) mass is 300 g/mol. The first-order valence-electron chi connectivity index (χ1n) is 5.99. The third-order valence-corrected chi connectivity index (χ3v) is 5.11. The predicted molar refractivity (Wildman–Crippen MR) is 79.1 cm³/mol. The van der Waals surface area contributed by atoms with E-state index in [4.69, 9.17) is 12.2 Å². The van der Waals surface area contributed by atoms with Crippen LogP contribution in [0.4, 0.5) is 5.69 Å². The maximum Gasteiger partial charge on any atom is 0.170 e. The third kappa shape index (κ3) is 4.07. The van der Waals surface area contributed by atoms with E-state index in [0.717, 1.165) is 0 Å². The lowest BCUT2D eigenvalue weighted by atomic mass is 10.1. The Bertz CT molecular complexity index is 572. The molecule has 1 heterocycles. The number of benzene rings is 1. The van der Waals surface area contributed by atoms with Crippen molar-refractivity contribution in [3.8, 4) is 5.75 Å². The van der Waals surface area contributed by atoms with E-state index >= 15 is 0 Å². The summed E-state index contributed by atoms with van der Waals surface area (Å²) in [6.07, 6.45) is 0.675. The molecule has 0 spiro atoms. The molecule has 1 aliphatic heterocycles. The molecule has 0 aromatic heterocycles. The van der Waals surface area contributed by atoms with Gasteiger partial charge in [-0.15, -0.1) is 0 Å². The molecule has 104 valence electrons. The van der Waals surface area contributed by atoms with Gasteiger partial charge in [-0.1, -0.05) is 12.1 Å². The van der Waals surface area contributed by atoms with Crippen molar-refractivity contribution in [3.05, 3.63) is 24.3 Å². The zero-order chi connectivity index (χ0) is 13.9. The van der Waals surface area contributed by atoms with Gasteiger partial charge in [0, 0.05) is 6.54 Å². The van der Waals surface area contributed by atoms with Crippen molar-refractivity contribution < 1.29 is 13.5 Å². The number of hydrogen-bond acceptors (Lipinski definition) is 4. The Morgan fingerprint density at radius 2 is 2.16 bits per heavy atom. The summed E-state index contributed by atoms with van der Waals surface area (Å²) >= 11 is 5.10. The van der Waals surface area contributed by atoms with E-state index in [2.05, 4.69) is 10.6 Å². The summed E-state index contributed by atoms with van der Waals surface area (Å²) in [5.74, 6) is 0.710. The predicted octanol–water partition coefficient (Wildman–Crippen LogP) is 1.11. The molecule has 19 heavy (non-hydrogen) atoms. The van der Waals surface area contributed by atoms with Gasteiger partial charge in [-0.05, 0) is 36.7 Å². The molecule has 5 nitrogen and oxygen atoms in total. The van der Waals surface area contributed by atoms with Crippen molar-refractivity contribution in [2.75, 3.05) is 23.4 Å². The zero-order valence-corrected chi connectivity index (χ0v) is 11.9. The van der Waals surface area contributed by atoms with Gasteiger partial charge in [0.05, 0.1) is 17.2 Å². The first-order valence-corrected chi connectivity index (χ1v) is 8.22. The van der Waals surface area contributed by atoms with Gasteiger partial charge in [0.1, 0.15) is 5.75 Å². The number of rotatable bonds is 3.